The van der Waals surface area contributed by atoms with Gasteiger partial charge in [-0.2, -0.15) is 0 Å². The van der Waals surface area contributed by atoms with Crippen molar-refractivity contribution in [1.82, 2.24) is 4.90 Å². The number of ether oxygens (including phenoxy) is 1. The second-order valence-electron chi connectivity index (χ2n) is 5.91. The number of halogens is 1. The average Bonchev–Trinajstić information content (AvgIpc) is 2.51. The normalized spacial score (nSPS) is 16.1. The molecule has 0 unspecified atom stereocenters. The van der Waals surface area contributed by atoms with E-state index in [-0.39, 0.29) is 18.1 Å². The molecule has 0 spiro atoms. The molecule has 1 aromatic carbocycles. The molecule has 0 radical (unpaired) electrons. The predicted octanol–water partition coefficient (Wildman–Crippen LogP) is 3.19. The lowest BCUT2D eigenvalue weighted by molar-refractivity contribution is -0.117. The Morgan fingerprint density at radius 1 is 1.35 bits per heavy atom. The molecule has 0 aromatic heterocycles. The summed E-state index contributed by atoms with van der Waals surface area (Å²) in [4.78, 5) is 26.3. The third-order valence-corrected chi connectivity index (χ3v) is 4.39. The molecule has 6 heteroatoms. The van der Waals surface area contributed by atoms with Crippen LogP contribution in [0.1, 0.15) is 36.5 Å². The van der Waals surface area contributed by atoms with Gasteiger partial charge in [0.2, 0.25) is 5.91 Å². The molecule has 1 aromatic rings. The maximum Gasteiger partial charge on any atom is 0.339 e. The first-order chi connectivity index (χ1) is 11.0. The first-order valence-corrected chi connectivity index (χ1v) is 8.32. The molecule has 0 aliphatic carbocycles. The quantitative estimate of drug-likeness (QED) is 0.838. The highest BCUT2D eigenvalue weighted by Crippen LogP contribution is 2.23. The zero-order chi connectivity index (χ0) is 16.8. The van der Waals surface area contributed by atoms with Crippen LogP contribution in [-0.2, 0) is 9.53 Å². The Labute approximate surface area is 141 Å². The average molecular weight is 339 g/mol. The van der Waals surface area contributed by atoms with Gasteiger partial charge in [-0.05, 0) is 64.0 Å². The van der Waals surface area contributed by atoms with E-state index in [1.54, 1.807) is 25.1 Å². The van der Waals surface area contributed by atoms with Gasteiger partial charge in [0.15, 0.2) is 0 Å². The first-order valence-electron chi connectivity index (χ1n) is 7.94. The fourth-order valence-electron chi connectivity index (χ4n) is 2.71. The van der Waals surface area contributed by atoms with Crippen LogP contribution in [0.5, 0.6) is 0 Å². The van der Waals surface area contributed by atoms with Crippen molar-refractivity contribution < 1.29 is 14.3 Å². The number of amides is 1. The Bertz CT molecular complexity index is 569. The zero-order valence-corrected chi connectivity index (χ0v) is 14.4. The summed E-state index contributed by atoms with van der Waals surface area (Å²) in [5.41, 5.74) is 0.834. The number of hydrogen-bond donors (Lipinski definition) is 1. The van der Waals surface area contributed by atoms with E-state index < -0.39 is 5.97 Å². The molecular weight excluding hydrogens is 316 g/mol. The van der Waals surface area contributed by atoms with E-state index in [0.717, 1.165) is 25.9 Å². The molecule has 5 nitrogen and oxygen atoms in total. The summed E-state index contributed by atoms with van der Waals surface area (Å²) in [6.45, 7) is 4.08. The summed E-state index contributed by atoms with van der Waals surface area (Å²) in [5.74, 6) is -0.0939. The lowest BCUT2D eigenvalue weighted by Crippen LogP contribution is -2.31. The van der Waals surface area contributed by atoms with Gasteiger partial charge in [0.1, 0.15) is 0 Å². The molecule has 1 fully saturated rings. The summed E-state index contributed by atoms with van der Waals surface area (Å²) >= 11 is 6.01. The van der Waals surface area contributed by atoms with Crippen LogP contribution in [-0.4, -0.2) is 43.5 Å². The lowest BCUT2D eigenvalue weighted by atomic mass is 9.93. The third-order valence-electron chi connectivity index (χ3n) is 4.06. The number of carbonyl (C=O) groups excluding carboxylic acids is 2. The van der Waals surface area contributed by atoms with E-state index in [0.29, 0.717) is 23.0 Å². The van der Waals surface area contributed by atoms with Crippen LogP contribution < -0.4 is 5.32 Å². The van der Waals surface area contributed by atoms with Crippen molar-refractivity contribution in [3.05, 3.63) is 28.8 Å². The van der Waals surface area contributed by atoms with Crippen LogP contribution in [0.4, 0.5) is 5.69 Å². The first kappa shape index (κ1) is 17.8. The van der Waals surface area contributed by atoms with Gasteiger partial charge in [-0.25, -0.2) is 4.79 Å². The van der Waals surface area contributed by atoms with E-state index in [1.165, 1.54) is 0 Å². The van der Waals surface area contributed by atoms with Crippen molar-refractivity contribution in [2.75, 3.05) is 32.1 Å². The van der Waals surface area contributed by atoms with Crippen molar-refractivity contribution in [2.45, 2.75) is 26.2 Å². The number of piperidine rings is 1. The van der Waals surface area contributed by atoms with Gasteiger partial charge in [0.25, 0.3) is 0 Å². The number of esters is 1. The highest BCUT2D eigenvalue weighted by Gasteiger charge is 2.20. The second-order valence-corrected chi connectivity index (χ2v) is 6.32. The lowest BCUT2D eigenvalue weighted by Gasteiger charge is -2.28. The van der Waals surface area contributed by atoms with Gasteiger partial charge < -0.3 is 15.0 Å². The van der Waals surface area contributed by atoms with E-state index >= 15 is 0 Å². The number of nitrogens with one attached hydrogen (secondary N) is 1. The number of hydrogen-bond acceptors (Lipinski definition) is 4. The summed E-state index contributed by atoms with van der Waals surface area (Å²) in [7, 11) is 2.10. The monoisotopic (exact) mass is 338 g/mol. The van der Waals surface area contributed by atoms with Gasteiger partial charge in [-0.1, -0.05) is 11.6 Å². The van der Waals surface area contributed by atoms with Crippen LogP contribution in [0.25, 0.3) is 0 Å². The molecule has 1 aliphatic rings. The molecule has 1 saturated heterocycles. The number of anilines is 1. The Kier molecular flexibility index (Phi) is 6.42. The predicted molar refractivity (Wildman–Crippen MR) is 90.9 cm³/mol. The second kappa shape index (κ2) is 8.31. The Morgan fingerprint density at radius 2 is 2.04 bits per heavy atom. The molecule has 23 heavy (non-hydrogen) atoms. The number of benzene rings is 1. The van der Waals surface area contributed by atoms with Crippen LogP contribution >= 0.6 is 11.6 Å². The Hall–Kier alpha value is -1.59. The van der Waals surface area contributed by atoms with Crippen LogP contribution in [0, 0.1) is 5.92 Å². The fourth-order valence-corrected chi connectivity index (χ4v) is 2.90. The van der Waals surface area contributed by atoms with Crippen molar-refractivity contribution in [2.24, 2.45) is 5.92 Å². The number of carbonyl (C=O) groups is 2. The van der Waals surface area contributed by atoms with E-state index in [1.807, 2.05) is 0 Å². The zero-order valence-electron chi connectivity index (χ0n) is 13.6. The van der Waals surface area contributed by atoms with Gasteiger partial charge in [0.05, 0.1) is 17.2 Å². The van der Waals surface area contributed by atoms with Crippen molar-refractivity contribution in [3.8, 4) is 0 Å². The van der Waals surface area contributed by atoms with Crippen LogP contribution in [0.2, 0.25) is 5.02 Å². The maximum atomic E-state index is 12.2. The smallest absolute Gasteiger partial charge is 0.339 e. The number of likely N-dealkylation sites (tertiary alicyclic amines) is 1. The fraction of sp³-hybridized carbons (Fsp3) is 0.529. The molecule has 2 rings (SSSR count). The van der Waals surface area contributed by atoms with Crippen LogP contribution in [0.15, 0.2) is 18.2 Å². The largest absolute Gasteiger partial charge is 0.462 e. The van der Waals surface area contributed by atoms with Gasteiger partial charge >= 0.3 is 5.97 Å². The highest BCUT2D eigenvalue weighted by atomic mass is 35.5. The van der Waals surface area contributed by atoms with Gasteiger partial charge in [-0.3, -0.25) is 4.79 Å². The molecule has 1 aliphatic heterocycles. The molecule has 1 heterocycles. The van der Waals surface area contributed by atoms with E-state index in [2.05, 4.69) is 17.3 Å². The summed E-state index contributed by atoms with van der Waals surface area (Å²) in [5, 5.41) is 3.16. The Morgan fingerprint density at radius 3 is 2.70 bits per heavy atom. The molecule has 1 amide bonds. The van der Waals surface area contributed by atoms with E-state index in [9.17, 15) is 9.59 Å². The van der Waals surface area contributed by atoms with Crippen molar-refractivity contribution in [1.29, 1.82) is 0 Å². The highest BCUT2D eigenvalue weighted by molar-refractivity contribution is 6.33. The van der Waals surface area contributed by atoms with E-state index in [4.69, 9.17) is 16.3 Å². The van der Waals surface area contributed by atoms with Crippen LogP contribution in [0.3, 0.4) is 0 Å². The molecular formula is C17H23ClN2O3. The van der Waals surface area contributed by atoms with Crippen molar-refractivity contribution in [3.63, 3.8) is 0 Å². The number of nitrogens with zero attached hydrogens (tertiary/aromatic N) is 1. The molecule has 0 atom stereocenters. The summed E-state index contributed by atoms with van der Waals surface area (Å²) in [6, 6.07) is 4.85. The molecule has 0 saturated carbocycles. The summed E-state index contributed by atoms with van der Waals surface area (Å²) < 4.78 is 4.96. The summed E-state index contributed by atoms with van der Waals surface area (Å²) in [6.07, 6.45) is 2.59. The minimum Gasteiger partial charge on any atom is -0.462 e. The third kappa shape index (κ3) is 5.22. The molecule has 126 valence electrons. The van der Waals surface area contributed by atoms with Gasteiger partial charge in [-0.15, -0.1) is 0 Å². The standard InChI is InChI=1S/C17H23ClN2O3/c1-3-23-17(22)14-11-13(4-5-15(14)18)19-16(21)10-12-6-8-20(2)9-7-12/h4-5,11-12H,3,6-10H2,1-2H3,(H,19,21). The van der Waals surface area contributed by atoms with Crippen molar-refractivity contribution >= 4 is 29.2 Å². The number of rotatable bonds is 5. The molecule has 1 N–H and O–H groups in total. The minimum atomic E-state index is -0.482. The van der Waals surface area contributed by atoms with Gasteiger partial charge in [0, 0.05) is 12.1 Å². The topological polar surface area (TPSA) is 58.6 Å². The molecule has 0 bridgehead atoms. The Balaban J connectivity index is 1.95. The SMILES string of the molecule is CCOC(=O)c1cc(NC(=O)CC2CCN(C)CC2)ccc1Cl. The minimum absolute atomic E-state index is 0.0308. The maximum absolute atomic E-state index is 12.2.